The smallest absolute Gasteiger partial charge is 0.244 e. The Bertz CT molecular complexity index is 952. The lowest BCUT2D eigenvalue weighted by molar-refractivity contribution is -0.116. The third-order valence-corrected chi connectivity index (χ3v) is 4.69. The topological polar surface area (TPSA) is 59.4 Å². The number of aromatic nitrogens is 2. The molecule has 0 saturated heterocycles. The van der Waals surface area contributed by atoms with Crippen LogP contribution in [0.4, 0.5) is 0 Å². The van der Waals surface area contributed by atoms with Crippen molar-refractivity contribution in [3.8, 4) is 16.9 Å². The molecule has 6 heteroatoms. The predicted octanol–water partition coefficient (Wildman–Crippen LogP) is 3.25. The monoisotopic (exact) mass is 404 g/mol. The maximum absolute atomic E-state index is 12.3. The maximum Gasteiger partial charge on any atom is 0.244 e. The zero-order valence-corrected chi connectivity index (χ0v) is 17.5. The van der Waals surface area contributed by atoms with Crippen LogP contribution in [0.15, 0.2) is 72.9 Å². The van der Waals surface area contributed by atoms with E-state index in [9.17, 15) is 4.79 Å². The van der Waals surface area contributed by atoms with Crippen molar-refractivity contribution in [1.82, 2.24) is 20.0 Å². The van der Waals surface area contributed by atoms with Crippen molar-refractivity contribution in [3.63, 3.8) is 0 Å². The summed E-state index contributed by atoms with van der Waals surface area (Å²) in [7, 11) is 3.69. The molecular formula is C24H28N4O2. The predicted molar refractivity (Wildman–Crippen MR) is 120 cm³/mol. The third kappa shape index (κ3) is 6.14. The number of carbonyl (C=O) groups is 1. The molecule has 0 atom stereocenters. The van der Waals surface area contributed by atoms with E-state index in [1.165, 1.54) is 0 Å². The minimum absolute atomic E-state index is 0.124. The number of methoxy groups -OCH3 is 1. The Labute approximate surface area is 177 Å². The Hall–Kier alpha value is -3.22. The zero-order valence-electron chi connectivity index (χ0n) is 17.5. The zero-order chi connectivity index (χ0) is 21.2. The molecule has 0 fully saturated rings. The number of ether oxygens (including phenoxy) is 1. The van der Waals surface area contributed by atoms with Crippen LogP contribution in [-0.2, 0) is 9.53 Å². The number of rotatable bonds is 10. The molecule has 0 radical (unpaired) electrons. The molecule has 1 heterocycles. The number of hydrogen-bond acceptors (Lipinski definition) is 4. The summed E-state index contributed by atoms with van der Waals surface area (Å²) in [5, 5.41) is 7.68. The van der Waals surface area contributed by atoms with E-state index in [0.717, 1.165) is 35.6 Å². The number of nitrogens with one attached hydrogen (secondary N) is 1. The van der Waals surface area contributed by atoms with Crippen LogP contribution in [0.5, 0.6) is 0 Å². The summed E-state index contributed by atoms with van der Waals surface area (Å²) in [4.78, 5) is 14.4. The second kappa shape index (κ2) is 11.1. The first-order chi connectivity index (χ1) is 14.7. The fourth-order valence-corrected chi connectivity index (χ4v) is 3.00. The highest BCUT2D eigenvalue weighted by Crippen LogP contribution is 2.24. The molecule has 0 bridgehead atoms. The van der Waals surface area contributed by atoms with Gasteiger partial charge in [0.25, 0.3) is 0 Å². The van der Waals surface area contributed by atoms with Gasteiger partial charge in [-0.1, -0.05) is 48.5 Å². The molecule has 6 nitrogen and oxygen atoms in total. The average molecular weight is 405 g/mol. The van der Waals surface area contributed by atoms with Gasteiger partial charge in [0.2, 0.25) is 5.91 Å². The van der Waals surface area contributed by atoms with E-state index in [4.69, 9.17) is 9.84 Å². The van der Waals surface area contributed by atoms with E-state index in [1.54, 1.807) is 13.2 Å². The molecule has 156 valence electrons. The van der Waals surface area contributed by atoms with Crippen LogP contribution < -0.4 is 5.32 Å². The number of likely N-dealkylation sites (N-methyl/N-ethyl adjacent to an activating group) is 1. The molecule has 0 aliphatic heterocycles. The van der Waals surface area contributed by atoms with Gasteiger partial charge >= 0.3 is 0 Å². The highest BCUT2D eigenvalue weighted by molar-refractivity contribution is 5.92. The minimum Gasteiger partial charge on any atom is -0.383 e. The van der Waals surface area contributed by atoms with Crippen molar-refractivity contribution in [2.24, 2.45) is 0 Å². The molecule has 3 aromatic rings. The maximum atomic E-state index is 12.3. The van der Waals surface area contributed by atoms with Crippen molar-refractivity contribution in [2.45, 2.75) is 0 Å². The van der Waals surface area contributed by atoms with E-state index < -0.39 is 0 Å². The number of amides is 1. The first kappa shape index (κ1) is 21.5. The molecule has 3 rings (SSSR count). The third-order valence-electron chi connectivity index (χ3n) is 4.69. The molecule has 0 spiro atoms. The van der Waals surface area contributed by atoms with Crippen LogP contribution in [-0.4, -0.2) is 61.0 Å². The van der Waals surface area contributed by atoms with Gasteiger partial charge in [-0.3, -0.25) is 4.79 Å². The molecule has 1 aromatic heterocycles. The van der Waals surface area contributed by atoms with Crippen molar-refractivity contribution in [3.05, 3.63) is 78.5 Å². The summed E-state index contributed by atoms with van der Waals surface area (Å²) in [6.07, 6.45) is 5.33. The van der Waals surface area contributed by atoms with Gasteiger partial charge in [-0.25, -0.2) is 4.68 Å². The van der Waals surface area contributed by atoms with Crippen LogP contribution in [0.3, 0.4) is 0 Å². The van der Waals surface area contributed by atoms with Gasteiger partial charge in [-0.05, 0) is 25.3 Å². The molecular weight excluding hydrogens is 376 g/mol. The largest absolute Gasteiger partial charge is 0.383 e. The summed E-state index contributed by atoms with van der Waals surface area (Å²) in [5.74, 6) is -0.124. The molecule has 0 saturated carbocycles. The van der Waals surface area contributed by atoms with Gasteiger partial charge in [0.05, 0.1) is 18.0 Å². The summed E-state index contributed by atoms with van der Waals surface area (Å²) in [5.41, 5.74) is 3.70. The quantitative estimate of drug-likeness (QED) is 0.527. The van der Waals surface area contributed by atoms with Crippen LogP contribution in [0.25, 0.3) is 23.0 Å². The van der Waals surface area contributed by atoms with Gasteiger partial charge < -0.3 is 15.0 Å². The fourth-order valence-electron chi connectivity index (χ4n) is 3.00. The minimum atomic E-state index is -0.124. The summed E-state index contributed by atoms with van der Waals surface area (Å²) in [6, 6.07) is 19.9. The first-order valence-corrected chi connectivity index (χ1v) is 10.0. The average Bonchev–Trinajstić information content (AvgIpc) is 3.22. The Balaban J connectivity index is 1.71. The van der Waals surface area contributed by atoms with E-state index in [0.29, 0.717) is 13.2 Å². The molecule has 0 aliphatic rings. The van der Waals surface area contributed by atoms with Crippen molar-refractivity contribution in [2.75, 3.05) is 40.4 Å². The molecule has 0 unspecified atom stereocenters. The van der Waals surface area contributed by atoms with Gasteiger partial charge in [0.15, 0.2) is 0 Å². The lowest BCUT2D eigenvalue weighted by atomic mass is 10.1. The summed E-state index contributed by atoms with van der Waals surface area (Å²) in [6.45, 7) is 2.86. The number of nitrogens with zero attached hydrogens (tertiary/aromatic N) is 3. The van der Waals surface area contributed by atoms with Crippen LogP contribution in [0.2, 0.25) is 0 Å². The van der Waals surface area contributed by atoms with E-state index in [2.05, 4.69) is 10.2 Å². The number of hydrogen-bond donors (Lipinski definition) is 1. The second-order valence-corrected chi connectivity index (χ2v) is 7.00. The van der Waals surface area contributed by atoms with E-state index in [-0.39, 0.29) is 5.91 Å². The Morgan fingerprint density at radius 2 is 1.80 bits per heavy atom. The molecule has 1 amide bonds. The van der Waals surface area contributed by atoms with Gasteiger partial charge in [-0.15, -0.1) is 0 Å². The molecule has 30 heavy (non-hydrogen) atoms. The van der Waals surface area contributed by atoms with Crippen molar-refractivity contribution in [1.29, 1.82) is 0 Å². The van der Waals surface area contributed by atoms with E-state index in [1.807, 2.05) is 84.7 Å². The fraction of sp³-hybridized carbons (Fsp3) is 0.250. The molecule has 1 N–H and O–H groups in total. The van der Waals surface area contributed by atoms with Crippen molar-refractivity contribution < 1.29 is 9.53 Å². The number of carbonyl (C=O) groups excluding carboxylic acids is 1. The van der Waals surface area contributed by atoms with Crippen LogP contribution >= 0.6 is 0 Å². The lowest BCUT2D eigenvalue weighted by Crippen LogP contribution is -2.33. The Morgan fingerprint density at radius 3 is 2.50 bits per heavy atom. The second-order valence-electron chi connectivity index (χ2n) is 7.00. The normalized spacial score (nSPS) is 11.3. The number of para-hydroxylation sites is 1. The lowest BCUT2D eigenvalue weighted by Gasteiger charge is -2.15. The highest BCUT2D eigenvalue weighted by atomic mass is 16.5. The SMILES string of the molecule is COCCN(C)CCNC(=O)C=Cc1cn(-c2ccccc2)nc1-c1ccccc1. The van der Waals surface area contributed by atoms with Crippen LogP contribution in [0.1, 0.15) is 5.56 Å². The van der Waals surface area contributed by atoms with Crippen LogP contribution in [0, 0.1) is 0 Å². The van der Waals surface area contributed by atoms with Gasteiger partial charge in [0, 0.05) is 50.1 Å². The van der Waals surface area contributed by atoms with Gasteiger partial charge in [0.1, 0.15) is 0 Å². The Kier molecular flexibility index (Phi) is 7.94. The van der Waals surface area contributed by atoms with E-state index >= 15 is 0 Å². The van der Waals surface area contributed by atoms with Gasteiger partial charge in [-0.2, -0.15) is 5.10 Å². The summed E-state index contributed by atoms with van der Waals surface area (Å²) >= 11 is 0. The summed E-state index contributed by atoms with van der Waals surface area (Å²) < 4.78 is 6.90. The van der Waals surface area contributed by atoms with Crippen molar-refractivity contribution >= 4 is 12.0 Å². The standard InChI is InChI=1S/C24H28N4O2/c1-27(17-18-30-2)16-15-25-23(29)14-13-21-19-28(22-11-7-4-8-12-22)26-24(21)20-9-5-3-6-10-20/h3-14,19H,15-18H2,1-2H3,(H,25,29). The first-order valence-electron chi connectivity index (χ1n) is 10.0. The Morgan fingerprint density at radius 1 is 1.10 bits per heavy atom. The molecule has 0 aliphatic carbocycles. The molecule has 2 aromatic carbocycles. The number of benzene rings is 2. The highest BCUT2D eigenvalue weighted by Gasteiger charge is 2.10.